The summed E-state index contributed by atoms with van der Waals surface area (Å²) in [6.45, 7) is 2.32. The van der Waals surface area contributed by atoms with Gasteiger partial charge < -0.3 is 15.1 Å². The molecule has 1 aliphatic heterocycles. The summed E-state index contributed by atoms with van der Waals surface area (Å²) in [6, 6.07) is 3.50. The van der Waals surface area contributed by atoms with Gasteiger partial charge in [0.25, 0.3) is 0 Å². The van der Waals surface area contributed by atoms with E-state index in [1.807, 2.05) is 9.80 Å². The molecule has 5 rings (SSSR count). The van der Waals surface area contributed by atoms with Gasteiger partial charge in [0.1, 0.15) is 34.5 Å². The third-order valence-corrected chi connectivity index (χ3v) is 6.71. The van der Waals surface area contributed by atoms with E-state index in [1.165, 1.54) is 50.8 Å². The van der Waals surface area contributed by atoms with Gasteiger partial charge in [0.05, 0.1) is 18.0 Å². The van der Waals surface area contributed by atoms with Gasteiger partial charge in [0.2, 0.25) is 0 Å². The Kier molecular flexibility index (Phi) is 7.23. The topological polar surface area (TPSA) is 103 Å². The summed E-state index contributed by atoms with van der Waals surface area (Å²) in [7, 11) is 0. The maximum atomic E-state index is 14.2. The number of hydrogen-bond donors (Lipinski definition) is 2. The van der Waals surface area contributed by atoms with Crippen molar-refractivity contribution in [3.8, 4) is 11.3 Å². The molecule has 13 heteroatoms. The fourth-order valence-corrected chi connectivity index (χ4v) is 4.56. The molecule has 1 aliphatic rings. The lowest BCUT2D eigenvalue weighted by Gasteiger charge is -2.36. The maximum absolute atomic E-state index is 14.2. The molecule has 0 aliphatic carbocycles. The van der Waals surface area contributed by atoms with Crippen LogP contribution in [0.2, 0.25) is 0 Å². The van der Waals surface area contributed by atoms with Crippen LogP contribution in [0.15, 0.2) is 43.0 Å². The Hall–Kier alpha value is -3.68. The molecular formula is C26H27F4N7O2. The Morgan fingerprint density at radius 2 is 1.77 bits per heavy atom. The van der Waals surface area contributed by atoms with Crippen molar-refractivity contribution in [3.63, 3.8) is 0 Å². The molecule has 4 aromatic rings. The first kappa shape index (κ1) is 26.9. The van der Waals surface area contributed by atoms with Gasteiger partial charge >= 0.3 is 6.55 Å². The number of piperazine rings is 1. The van der Waals surface area contributed by atoms with Crippen molar-refractivity contribution in [1.29, 1.82) is 0 Å². The Morgan fingerprint density at radius 3 is 2.41 bits per heavy atom. The molecule has 3 aromatic heterocycles. The molecule has 9 nitrogen and oxygen atoms in total. The summed E-state index contributed by atoms with van der Waals surface area (Å²) in [5.74, 6) is -0.857. The summed E-state index contributed by atoms with van der Waals surface area (Å²) < 4.78 is 54.5. The number of aromatic nitrogens is 5. The van der Waals surface area contributed by atoms with E-state index in [9.17, 15) is 27.8 Å². The highest BCUT2D eigenvalue weighted by molar-refractivity contribution is 5.85. The minimum absolute atomic E-state index is 0.272. The minimum Gasteiger partial charge on any atom is -0.387 e. The summed E-state index contributed by atoms with van der Waals surface area (Å²) in [6.07, 6.45) is 4.00. The Bertz CT molecular complexity index is 1480. The highest BCUT2D eigenvalue weighted by Gasteiger charge is 2.30. The first-order valence-corrected chi connectivity index (χ1v) is 12.3. The Labute approximate surface area is 221 Å². The monoisotopic (exact) mass is 545 g/mol. The summed E-state index contributed by atoms with van der Waals surface area (Å²) in [5, 5.41) is 24.9. The fraction of sp³-hybridized carbons (Fsp3) is 0.385. The summed E-state index contributed by atoms with van der Waals surface area (Å²) in [4.78, 5) is 17.6. The Balaban J connectivity index is 1.50. The van der Waals surface area contributed by atoms with Crippen molar-refractivity contribution in [2.24, 2.45) is 0 Å². The molecule has 206 valence electrons. The van der Waals surface area contributed by atoms with E-state index in [-0.39, 0.29) is 5.56 Å². The molecule has 0 bridgehead atoms. The molecule has 0 spiro atoms. The number of anilines is 1. The first-order valence-electron chi connectivity index (χ1n) is 12.3. The fourth-order valence-electron chi connectivity index (χ4n) is 4.56. The van der Waals surface area contributed by atoms with Crippen molar-refractivity contribution in [2.45, 2.75) is 38.6 Å². The van der Waals surface area contributed by atoms with Crippen molar-refractivity contribution in [1.82, 2.24) is 29.6 Å². The predicted molar refractivity (Wildman–Crippen MR) is 135 cm³/mol. The molecule has 1 unspecified atom stereocenters. The molecule has 1 aromatic carbocycles. The van der Waals surface area contributed by atoms with Crippen LogP contribution in [-0.4, -0.2) is 71.6 Å². The van der Waals surface area contributed by atoms with Crippen LogP contribution in [0.1, 0.15) is 37.6 Å². The number of alkyl halides is 2. The highest BCUT2D eigenvalue weighted by Crippen LogP contribution is 2.35. The van der Waals surface area contributed by atoms with Gasteiger partial charge in [-0.3, -0.25) is 9.88 Å². The number of nitrogens with zero attached hydrogens (tertiary/aromatic N) is 7. The third kappa shape index (κ3) is 5.56. The number of halogens is 4. The van der Waals surface area contributed by atoms with E-state index in [0.717, 1.165) is 6.07 Å². The molecule has 0 amide bonds. The number of pyridine rings is 1. The molecule has 0 radical (unpaired) electrons. The first-order chi connectivity index (χ1) is 18.5. The van der Waals surface area contributed by atoms with Crippen LogP contribution in [0.25, 0.3) is 22.3 Å². The van der Waals surface area contributed by atoms with Crippen LogP contribution in [0.5, 0.6) is 0 Å². The second-order valence-corrected chi connectivity index (χ2v) is 10.0. The van der Waals surface area contributed by atoms with Crippen LogP contribution < -0.4 is 4.90 Å². The van der Waals surface area contributed by atoms with E-state index in [2.05, 4.69) is 15.1 Å². The lowest BCUT2D eigenvalue weighted by Crippen LogP contribution is -2.46. The number of rotatable bonds is 7. The highest BCUT2D eigenvalue weighted by atomic mass is 19.3. The molecule has 4 heterocycles. The molecule has 1 saturated heterocycles. The molecular weight excluding hydrogens is 518 g/mol. The van der Waals surface area contributed by atoms with Gasteiger partial charge in [-0.25, -0.2) is 23.4 Å². The average Bonchev–Trinajstić information content (AvgIpc) is 3.39. The lowest BCUT2D eigenvalue weighted by atomic mass is 9.95. The van der Waals surface area contributed by atoms with Gasteiger partial charge in [-0.2, -0.15) is 13.9 Å². The second kappa shape index (κ2) is 10.5. The van der Waals surface area contributed by atoms with E-state index < -0.39 is 29.9 Å². The predicted octanol–water partition coefficient (Wildman–Crippen LogP) is 3.69. The summed E-state index contributed by atoms with van der Waals surface area (Å²) >= 11 is 0. The SMILES string of the molecule is CC(C)(O)C(O)c1cncc2nc(-c3cnn(C(F)F)c3)c(N3CCN(Cc4ccc(F)cc4F)CC3)nc12. The number of fused-ring (bicyclic) bond motifs is 1. The van der Waals surface area contributed by atoms with Crippen molar-refractivity contribution in [2.75, 3.05) is 31.1 Å². The van der Waals surface area contributed by atoms with Gasteiger partial charge in [0, 0.05) is 67.9 Å². The van der Waals surface area contributed by atoms with Gasteiger partial charge in [-0.15, -0.1) is 0 Å². The largest absolute Gasteiger partial charge is 0.387 e. The normalized spacial score (nSPS) is 15.9. The minimum atomic E-state index is -2.83. The van der Waals surface area contributed by atoms with Crippen LogP contribution in [0.3, 0.4) is 0 Å². The van der Waals surface area contributed by atoms with E-state index in [4.69, 9.17) is 4.98 Å². The van der Waals surface area contributed by atoms with E-state index in [0.29, 0.717) is 71.1 Å². The molecule has 2 N–H and O–H groups in total. The lowest BCUT2D eigenvalue weighted by molar-refractivity contribution is -0.0492. The Morgan fingerprint density at radius 1 is 1.03 bits per heavy atom. The molecule has 39 heavy (non-hydrogen) atoms. The zero-order valence-electron chi connectivity index (χ0n) is 21.3. The maximum Gasteiger partial charge on any atom is 0.333 e. The van der Waals surface area contributed by atoms with Gasteiger partial charge in [0.15, 0.2) is 5.82 Å². The smallest absolute Gasteiger partial charge is 0.333 e. The summed E-state index contributed by atoms with van der Waals surface area (Å²) in [5.41, 5.74) is 0.423. The standard InChI is InChI=1S/C26H27F4N7O2/c1-26(2,39)23(38)18-11-31-12-20-22(18)34-24(21(33-20)16-10-32-37(14-16)25(29)30)36-7-5-35(6-8-36)13-15-3-4-17(27)9-19(15)28/h3-4,9-12,14,23,25,38-39H,5-8,13H2,1-2H3. The van der Waals surface area contributed by atoms with Gasteiger partial charge in [-0.1, -0.05) is 6.07 Å². The van der Waals surface area contributed by atoms with Crippen LogP contribution in [0, 0.1) is 11.6 Å². The second-order valence-electron chi connectivity index (χ2n) is 10.0. The zero-order chi connectivity index (χ0) is 27.9. The number of aliphatic hydroxyl groups excluding tert-OH is 1. The molecule has 1 atom stereocenters. The quantitative estimate of drug-likeness (QED) is 0.339. The zero-order valence-corrected chi connectivity index (χ0v) is 21.3. The van der Waals surface area contributed by atoms with E-state index in [1.54, 1.807) is 0 Å². The van der Waals surface area contributed by atoms with Gasteiger partial charge in [-0.05, 0) is 19.9 Å². The van der Waals surface area contributed by atoms with Crippen molar-refractivity contribution < 1.29 is 27.8 Å². The van der Waals surface area contributed by atoms with E-state index >= 15 is 0 Å². The number of aliphatic hydroxyl groups is 2. The van der Waals surface area contributed by atoms with Crippen LogP contribution in [0.4, 0.5) is 23.4 Å². The molecule has 0 saturated carbocycles. The number of benzene rings is 1. The van der Waals surface area contributed by atoms with Crippen molar-refractivity contribution >= 4 is 16.9 Å². The number of hydrogen-bond acceptors (Lipinski definition) is 8. The van der Waals surface area contributed by atoms with Crippen molar-refractivity contribution in [3.05, 3.63) is 65.7 Å². The van der Waals surface area contributed by atoms with Crippen LogP contribution in [-0.2, 0) is 6.54 Å². The third-order valence-electron chi connectivity index (χ3n) is 6.71. The average molecular weight is 546 g/mol. The van der Waals surface area contributed by atoms with Crippen LogP contribution >= 0.6 is 0 Å². The molecule has 1 fully saturated rings.